The molecule has 0 fully saturated rings. The van der Waals surface area contributed by atoms with Gasteiger partial charge in [-0.2, -0.15) is 4.98 Å². The van der Waals surface area contributed by atoms with Gasteiger partial charge in [0, 0.05) is 18.2 Å². The third-order valence-electron chi connectivity index (χ3n) is 3.16. The average molecular weight is 375 g/mol. The lowest BCUT2D eigenvalue weighted by atomic mass is 10.2. The maximum atomic E-state index is 13.6. The molecular weight excluding hydrogens is 358 g/mol. The molecule has 0 saturated carbocycles. The first-order chi connectivity index (χ1) is 11.3. The van der Waals surface area contributed by atoms with E-state index in [0.29, 0.717) is 11.7 Å². The Morgan fingerprint density at radius 2 is 2.08 bits per heavy atom. The second-order valence-corrected chi connectivity index (χ2v) is 6.70. The summed E-state index contributed by atoms with van der Waals surface area (Å²) in [5, 5.41) is 0.309. The van der Waals surface area contributed by atoms with Crippen molar-refractivity contribution in [2.75, 3.05) is 6.26 Å². The van der Waals surface area contributed by atoms with Crippen molar-refractivity contribution in [3.63, 3.8) is 0 Å². The highest BCUT2D eigenvalue weighted by molar-refractivity contribution is 7.98. The molecule has 0 saturated heterocycles. The fraction of sp³-hybridized carbons (Fsp3) is 0.375. The number of hydrogen-bond donors (Lipinski definition) is 0. The fourth-order valence-corrected chi connectivity index (χ4v) is 2.81. The van der Waals surface area contributed by atoms with Crippen LogP contribution in [-0.4, -0.2) is 15.8 Å². The lowest BCUT2D eigenvalue weighted by molar-refractivity contribution is 0.281. The first-order valence-electron chi connectivity index (χ1n) is 7.24. The van der Waals surface area contributed by atoms with Gasteiger partial charge in [0.15, 0.2) is 10.2 Å². The summed E-state index contributed by atoms with van der Waals surface area (Å²) in [7, 11) is 0. The Labute approximate surface area is 147 Å². The van der Waals surface area contributed by atoms with Crippen LogP contribution in [0.25, 0.3) is 0 Å². The molecule has 0 aliphatic rings. The summed E-state index contributed by atoms with van der Waals surface area (Å²) in [4.78, 5) is 16.6. The third-order valence-corrected chi connectivity index (χ3v) is 4.16. The molecule has 0 spiro atoms. The van der Waals surface area contributed by atoms with Crippen LogP contribution in [0.4, 0.5) is 8.78 Å². The van der Waals surface area contributed by atoms with Gasteiger partial charge < -0.3 is 4.74 Å². The van der Waals surface area contributed by atoms with E-state index in [1.165, 1.54) is 22.4 Å². The molecule has 0 bridgehead atoms. The van der Waals surface area contributed by atoms with Crippen molar-refractivity contribution in [3.8, 4) is 5.88 Å². The maximum absolute atomic E-state index is 13.6. The van der Waals surface area contributed by atoms with E-state index in [2.05, 4.69) is 4.98 Å². The first-order valence-corrected chi connectivity index (χ1v) is 8.84. The SMILES string of the molecule is CSc1nc(OCc2ccc(F)cc2F)c(Cl)c(=O)n1CC(C)C. The summed E-state index contributed by atoms with van der Waals surface area (Å²) in [5.74, 6) is -1.22. The van der Waals surface area contributed by atoms with Crippen LogP contribution in [0, 0.1) is 17.6 Å². The van der Waals surface area contributed by atoms with Crippen molar-refractivity contribution in [1.82, 2.24) is 9.55 Å². The highest BCUT2D eigenvalue weighted by atomic mass is 35.5. The summed E-state index contributed by atoms with van der Waals surface area (Å²) in [6, 6.07) is 3.17. The van der Waals surface area contributed by atoms with E-state index in [1.54, 1.807) is 6.26 Å². The second-order valence-electron chi connectivity index (χ2n) is 5.55. The van der Waals surface area contributed by atoms with E-state index < -0.39 is 17.2 Å². The van der Waals surface area contributed by atoms with Crippen LogP contribution in [0.2, 0.25) is 5.02 Å². The smallest absolute Gasteiger partial charge is 0.276 e. The van der Waals surface area contributed by atoms with Gasteiger partial charge in [0.2, 0.25) is 5.88 Å². The van der Waals surface area contributed by atoms with E-state index >= 15 is 0 Å². The summed E-state index contributed by atoms with van der Waals surface area (Å²) in [6.45, 7) is 4.23. The van der Waals surface area contributed by atoms with Crippen LogP contribution >= 0.6 is 23.4 Å². The minimum Gasteiger partial charge on any atom is -0.471 e. The van der Waals surface area contributed by atoms with Gasteiger partial charge in [-0.1, -0.05) is 37.2 Å². The van der Waals surface area contributed by atoms with E-state index in [0.717, 1.165) is 12.1 Å². The van der Waals surface area contributed by atoms with E-state index in [9.17, 15) is 13.6 Å². The van der Waals surface area contributed by atoms with Crippen molar-refractivity contribution < 1.29 is 13.5 Å². The van der Waals surface area contributed by atoms with Gasteiger partial charge in [-0.15, -0.1) is 0 Å². The Kier molecular flexibility index (Phi) is 6.23. The zero-order chi connectivity index (χ0) is 17.9. The predicted molar refractivity (Wildman–Crippen MR) is 90.8 cm³/mol. The minimum atomic E-state index is -0.732. The summed E-state index contributed by atoms with van der Waals surface area (Å²) < 4.78 is 33.4. The summed E-state index contributed by atoms with van der Waals surface area (Å²) in [6.07, 6.45) is 1.79. The van der Waals surface area contributed by atoms with Gasteiger partial charge in [0.1, 0.15) is 18.2 Å². The fourth-order valence-electron chi connectivity index (χ4n) is 2.06. The summed E-state index contributed by atoms with van der Waals surface area (Å²) in [5.41, 5.74) is -0.259. The molecule has 0 aliphatic heterocycles. The monoisotopic (exact) mass is 374 g/mol. The molecule has 0 amide bonds. The number of aromatic nitrogens is 2. The van der Waals surface area contributed by atoms with E-state index in [4.69, 9.17) is 16.3 Å². The molecule has 1 aromatic heterocycles. The third kappa shape index (κ3) is 4.27. The number of halogens is 3. The van der Waals surface area contributed by atoms with Crippen LogP contribution < -0.4 is 10.3 Å². The second kappa shape index (κ2) is 7.98. The zero-order valence-corrected chi connectivity index (χ0v) is 15.0. The van der Waals surface area contributed by atoms with Crippen LogP contribution in [-0.2, 0) is 13.2 Å². The van der Waals surface area contributed by atoms with Gasteiger partial charge in [-0.3, -0.25) is 9.36 Å². The molecule has 4 nitrogen and oxygen atoms in total. The highest BCUT2D eigenvalue weighted by Gasteiger charge is 2.17. The van der Waals surface area contributed by atoms with Crippen molar-refractivity contribution in [3.05, 3.63) is 50.8 Å². The zero-order valence-electron chi connectivity index (χ0n) is 13.5. The van der Waals surface area contributed by atoms with Crippen LogP contribution in [0.1, 0.15) is 19.4 Å². The number of benzene rings is 1. The molecule has 0 aliphatic carbocycles. The molecule has 1 heterocycles. The predicted octanol–water partition coefficient (Wildman–Crippen LogP) is 4.13. The van der Waals surface area contributed by atoms with Crippen molar-refractivity contribution in [1.29, 1.82) is 0 Å². The average Bonchev–Trinajstić information content (AvgIpc) is 2.52. The number of ether oxygens (including phenoxy) is 1. The van der Waals surface area contributed by atoms with Crippen molar-refractivity contribution >= 4 is 23.4 Å². The molecule has 0 atom stereocenters. The molecule has 0 radical (unpaired) electrons. The quantitative estimate of drug-likeness (QED) is 0.563. The normalized spacial score (nSPS) is 11.1. The maximum Gasteiger partial charge on any atom is 0.276 e. The van der Waals surface area contributed by atoms with E-state index in [-0.39, 0.29) is 29.0 Å². The summed E-state index contributed by atoms with van der Waals surface area (Å²) >= 11 is 7.35. The topological polar surface area (TPSA) is 44.1 Å². The van der Waals surface area contributed by atoms with Crippen LogP contribution in [0.3, 0.4) is 0 Å². The Morgan fingerprint density at radius 1 is 1.38 bits per heavy atom. The molecule has 0 unspecified atom stereocenters. The molecule has 2 rings (SSSR count). The Bertz CT molecular complexity index is 796. The number of thioether (sulfide) groups is 1. The molecule has 1 aromatic carbocycles. The molecule has 130 valence electrons. The van der Waals surface area contributed by atoms with Crippen molar-refractivity contribution in [2.24, 2.45) is 5.92 Å². The van der Waals surface area contributed by atoms with Gasteiger partial charge in [-0.05, 0) is 24.3 Å². The lowest BCUT2D eigenvalue weighted by Crippen LogP contribution is -2.26. The van der Waals surface area contributed by atoms with E-state index in [1.807, 2.05) is 13.8 Å². The molecular formula is C16H17ClF2N2O2S. The number of rotatable bonds is 6. The largest absolute Gasteiger partial charge is 0.471 e. The van der Waals surface area contributed by atoms with Gasteiger partial charge >= 0.3 is 0 Å². The van der Waals surface area contributed by atoms with Gasteiger partial charge in [0.25, 0.3) is 5.56 Å². The first kappa shape index (κ1) is 18.7. The van der Waals surface area contributed by atoms with Gasteiger partial charge in [0.05, 0.1) is 0 Å². The molecule has 2 aromatic rings. The standard InChI is InChI=1S/C16H17ClF2N2O2S/c1-9(2)7-21-15(22)13(17)14(20-16(21)24-3)23-8-10-4-5-11(18)6-12(10)19/h4-6,9H,7-8H2,1-3H3. The Balaban J connectivity index is 2.30. The number of hydrogen-bond acceptors (Lipinski definition) is 4. The Hall–Kier alpha value is -1.60. The van der Waals surface area contributed by atoms with Gasteiger partial charge in [-0.25, -0.2) is 8.78 Å². The molecule has 24 heavy (non-hydrogen) atoms. The molecule has 0 N–H and O–H groups in total. The molecule has 8 heteroatoms. The van der Waals surface area contributed by atoms with Crippen LogP contribution in [0.15, 0.2) is 28.2 Å². The van der Waals surface area contributed by atoms with Crippen LogP contribution in [0.5, 0.6) is 5.88 Å². The Morgan fingerprint density at radius 3 is 2.67 bits per heavy atom. The highest BCUT2D eigenvalue weighted by Crippen LogP contribution is 2.24. The minimum absolute atomic E-state index is 0.0604. The van der Waals surface area contributed by atoms with Crippen molar-refractivity contribution in [2.45, 2.75) is 32.2 Å². The number of nitrogens with zero attached hydrogens (tertiary/aromatic N) is 2. The lowest BCUT2D eigenvalue weighted by Gasteiger charge is -2.15.